The van der Waals surface area contributed by atoms with Crippen LogP contribution in [0, 0.1) is 0 Å². The molecule has 0 amide bonds. The molecule has 232 valence electrons. The first-order valence-corrected chi connectivity index (χ1v) is 16.3. The molecule has 0 spiro atoms. The topological polar surface area (TPSA) is 83.4 Å². The van der Waals surface area contributed by atoms with Crippen molar-refractivity contribution < 1.29 is 9.53 Å². The largest absolute Gasteiger partial charge is 0.458 e. The van der Waals surface area contributed by atoms with E-state index in [4.69, 9.17) is 4.74 Å². The van der Waals surface area contributed by atoms with Gasteiger partial charge < -0.3 is 4.74 Å². The number of halogens is 2. The first-order chi connectivity index (χ1) is 21.7. The van der Waals surface area contributed by atoms with Crippen LogP contribution in [0.5, 0.6) is 0 Å². The van der Waals surface area contributed by atoms with Crippen molar-refractivity contribution >= 4 is 37.8 Å². The Morgan fingerprint density at radius 2 is 1.16 bits per heavy atom. The summed E-state index contributed by atoms with van der Waals surface area (Å²) in [6, 6.07) is 28.7. The van der Waals surface area contributed by atoms with Crippen molar-refractivity contribution in [1.82, 2.24) is 23.6 Å². The number of hydrogen-bond donors (Lipinski definition) is 0. The molecule has 1 fully saturated rings. The number of para-hydroxylation sites is 2. The Hall–Kier alpha value is -3.93. The second-order valence-electron chi connectivity index (χ2n) is 11.3. The molecule has 0 aliphatic carbocycles. The molecule has 9 nitrogen and oxygen atoms in total. The van der Waals surface area contributed by atoms with Gasteiger partial charge in [-0.2, -0.15) is 0 Å². The number of esters is 1. The van der Waals surface area contributed by atoms with E-state index in [0.29, 0.717) is 47.1 Å². The molecule has 0 bridgehead atoms. The monoisotopic (exact) mass is 733 g/mol. The number of carbonyl (C=O) groups excluding carboxylic acids is 1. The molecule has 5 aromatic rings. The molecule has 0 radical (unpaired) electrons. The lowest BCUT2D eigenvalue weighted by Crippen LogP contribution is -2.48. The average molecular weight is 735 g/mol. The van der Waals surface area contributed by atoms with Crippen molar-refractivity contribution in [2.75, 3.05) is 13.1 Å². The van der Waals surface area contributed by atoms with Crippen LogP contribution < -0.4 is 11.1 Å². The van der Waals surface area contributed by atoms with Crippen molar-refractivity contribution in [1.29, 1.82) is 0 Å². The number of nitrogens with zero attached hydrogens (tertiary/aromatic N) is 5. The van der Waals surface area contributed by atoms with Crippen molar-refractivity contribution in [2.24, 2.45) is 14.1 Å². The van der Waals surface area contributed by atoms with Gasteiger partial charge in [0, 0.05) is 20.6 Å². The minimum atomic E-state index is -0.843. The van der Waals surface area contributed by atoms with Crippen molar-refractivity contribution in [3.63, 3.8) is 0 Å². The number of likely N-dealkylation sites (tertiary alicyclic amines) is 1. The second kappa shape index (κ2) is 12.8. The van der Waals surface area contributed by atoms with Gasteiger partial charge in [-0.15, -0.1) is 0 Å². The van der Waals surface area contributed by atoms with E-state index < -0.39 is 5.41 Å². The molecule has 1 aliphatic heterocycles. The highest BCUT2D eigenvalue weighted by atomic mass is 79.9. The third-order valence-corrected chi connectivity index (χ3v) is 10.4. The first kappa shape index (κ1) is 31.1. The summed E-state index contributed by atoms with van der Waals surface area (Å²) in [6.45, 7) is 1.76. The molecule has 0 unspecified atom stereocenters. The molecular formula is C34H33Br2N5O4. The van der Waals surface area contributed by atoms with E-state index in [1.807, 2.05) is 103 Å². The molecule has 0 atom stereocenters. The summed E-state index contributed by atoms with van der Waals surface area (Å²) in [6.07, 6.45) is 1.10. The summed E-state index contributed by atoms with van der Waals surface area (Å²) in [5.41, 5.74) is 2.70. The molecule has 1 saturated heterocycles. The molecule has 3 aromatic carbocycles. The maximum atomic E-state index is 14.0. The van der Waals surface area contributed by atoms with Gasteiger partial charge >= 0.3 is 5.97 Å². The number of ether oxygens (including phenoxy) is 1. The van der Waals surface area contributed by atoms with Crippen molar-refractivity contribution in [2.45, 2.75) is 31.4 Å². The summed E-state index contributed by atoms with van der Waals surface area (Å²) >= 11 is 6.99. The lowest BCUT2D eigenvalue weighted by Gasteiger charge is -2.40. The van der Waals surface area contributed by atoms with Crippen molar-refractivity contribution in [3.05, 3.63) is 138 Å². The van der Waals surface area contributed by atoms with E-state index in [1.54, 1.807) is 21.1 Å². The Kier molecular flexibility index (Phi) is 8.85. The van der Waals surface area contributed by atoms with Gasteiger partial charge in [0.2, 0.25) is 0 Å². The lowest BCUT2D eigenvalue weighted by molar-refractivity contribution is -0.154. The molecular weight excluding hydrogens is 702 g/mol. The fraction of sp³-hybridized carbons (Fsp3) is 0.265. The number of rotatable bonds is 8. The highest BCUT2D eigenvalue weighted by Gasteiger charge is 2.44. The van der Waals surface area contributed by atoms with Crippen LogP contribution in [0.15, 0.2) is 110 Å². The van der Waals surface area contributed by atoms with E-state index in [-0.39, 0.29) is 23.7 Å². The smallest absolute Gasteiger partial charge is 0.317 e. The van der Waals surface area contributed by atoms with Gasteiger partial charge in [0.1, 0.15) is 15.6 Å². The van der Waals surface area contributed by atoms with Gasteiger partial charge in [-0.1, -0.05) is 66.7 Å². The summed E-state index contributed by atoms with van der Waals surface area (Å²) in [4.78, 5) is 42.6. The predicted octanol–water partition coefficient (Wildman–Crippen LogP) is 5.47. The Morgan fingerprint density at radius 3 is 1.67 bits per heavy atom. The van der Waals surface area contributed by atoms with Gasteiger partial charge in [0.15, 0.2) is 0 Å². The minimum Gasteiger partial charge on any atom is -0.458 e. The fourth-order valence-corrected chi connectivity index (χ4v) is 7.31. The number of piperidine rings is 1. The summed E-state index contributed by atoms with van der Waals surface area (Å²) in [7, 11) is 3.67. The van der Waals surface area contributed by atoms with E-state index in [2.05, 4.69) is 36.8 Å². The SMILES string of the molecule is Cn1c(COC(=O)C2(c3ccccc3)CCN(Cc3c(Br)c(=O)n(-c4ccccc4)n3C)CC2)c(Br)c(=O)n1-c1ccccc1. The summed E-state index contributed by atoms with van der Waals surface area (Å²) in [5.74, 6) is -0.316. The minimum absolute atomic E-state index is 0.0503. The molecule has 11 heteroatoms. The van der Waals surface area contributed by atoms with Crippen LogP contribution in [0.2, 0.25) is 0 Å². The molecule has 3 heterocycles. The van der Waals surface area contributed by atoms with E-state index in [1.165, 1.54) is 0 Å². The summed E-state index contributed by atoms with van der Waals surface area (Å²) < 4.78 is 13.7. The van der Waals surface area contributed by atoms with Crippen LogP contribution in [0.3, 0.4) is 0 Å². The van der Waals surface area contributed by atoms with Crippen LogP contribution in [0.25, 0.3) is 11.4 Å². The third kappa shape index (κ3) is 5.69. The molecule has 0 N–H and O–H groups in total. The van der Waals surface area contributed by atoms with E-state index in [0.717, 1.165) is 22.6 Å². The maximum absolute atomic E-state index is 14.0. The van der Waals surface area contributed by atoms with Crippen LogP contribution in [0.1, 0.15) is 29.8 Å². The number of aromatic nitrogens is 4. The Morgan fingerprint density at radius 1 is 0.711 bits per heavy atom. The zero-order valence-corrected chi connectivity index (χ0v) is 28.2. The molecule has 1 aliphatic rings. The highest BCUT2D eigenvalue weighted by molar-refractivity contribution is 9.10. The predicted molar refractivity (Wildman–Crippen MR) is 180 cm³/mol. The maximum Gasteiger partial charge on any atom is 0.317 e. The standard InChI is InChI=1S/C34H33Br2N5O4/c1-37-27(29(35)31(42)40(37)25-14-8-4-9-15-25)22-39-20-18-34(19-21-39,24-12-6-3-7-13-24)33(44)45-23-28-30(36)32(43)41(38(28)2)26-16-10-5-11-17-26/h3-17H,18-23H2,1-2H3. The average Bonchev–Trinajstić information content (AvgIpc) is 3.42. The van der Waals surface area contributed by atoms with Crippen molar-refractivity contribution in [3.8, 4) is 11.4 Å². The normalized spacial score (nSPS) is 14.8. The molecule has 2 aromatic heterocycles. The molecule has 0 saturated carbocycles. The second-order valence-corrected chi connectivity index (χ2v) is 12.9. The first-order valence-electron chi connectivity index (χ1n) is 14.7. The molecule has 45 heavy (non-hydrogen) atoms. The summed E-state index contributed by atoms with van der Waals surface area (Å²) in [5, 5.41) is 0. The van der Waals surface area contributed by atoms with Gasteiger partial charge in [-0.3, -0.25) is 28.6 Å². The van der Waals surface area contributed by atoms with Gasteiger partial charge in [0.25, 0.3) is 11.1 Å². The Bertz CT molecular complexity index is 1940. The number of carbonyl (C=O) groups is 1. The van der Waals surface area contributed by atoms with Gasteiger partial charge in [0.05, 0.1) is 28.2 Å². The molecule has 6 rings (SSSR count). The number of benzene rings is 3. The zero-order chi connectivity index (χ0) is 31.7. The zero-order valence-electron chi connectivity index (χ0n) is 25.0. The Labute approximate surface area is 277 Å². The van der Waals surface area contributed by atoms with Crippen LogP contribution in [0.4, 0.5) is 0 Å². The lowest BCUT2D eigenvalue weighted by atomic mass is 9.72. The number of hydrogen-bond acceptors (Lipinski definition) is 5. The van der Waals surface area contributed by atoms with E-state index >= 15 is 0 Å². The van der Waals surface area contributed by atoms with Crippen LogP contribution >= 0.6 is 31.9 Å². The third-order valence-electron chi connectivity index (χ3n) is 8.79. The highest BCUT2D eigenvalue weighted by Crippen LogP contribution is 2.38. The Balaban J connectivity index is 1.22. The van der Waals surface area contributed by atoms with Gasteiger partial charge in [-0.25, -0.2) is 9.36 Å². The van der Waals surface area contributed by atoms with E-state index in [9.17, 15) is 14.4 Å². The quantitative estimate of drug-likeness (QED) is 0.198. The van der Waals surface area contributed by atoms with Crippen LogP contribution in [-0.2, 0) is 42.2 Å². The van der Waals surface area contributed by atoms with Crippen LogP contribution in [-0.4, -0.2) is 42.7 Å². The fourth-order valence-electron chi connectivity index (χ4n) is 6.22. The van der Waals surface area contributed by atoms with Gasteiger partial charge in [-0.05, 0) is 87.6 Å².